The third-order valence-electron chi connectivity index (χ3n) is 2.90. The molecule has 0 aliphatic carbocycles. The molecule has 1 aliphatic rings. The van der Waals surface area contributed by atoms with Crippen molar-refractivity contribution >= 4 is 11.5 Å². The van der Waals surface area contributed by atoms with Crippen LogP contribution in [0, 0.1) is 0 Å². The highest BCUT2D eigenvalue weighted by Crippen LogP contribution is 2.19. The Hall–Kier alpha value is -1.82. The average Bonchev–Trinajstić information content (AvgIpc) is 2.37. The van der Waals surface area contributed by atoms with Crippen molar-refractivity contribution in [1.82, 2.24) is 4.98 Å². The molecule has 1 fully saturated rings. The molecule has 0 radical (unpaired) electrons. The summed E-state index contributed by atoms with van der Waals surface area (Å²) in [6, 6.07) is 3.67. The van der Waals surface area contributed by atoms with Gasteiger partial charge in [0.25, 0.3) is 0 Å². The molecule has 0 bridgehead atoms. The van der Waals surface area contributed by atoms with Gasteiger partial charge >= 0.3 is 0 Å². The minimum absolute atomic E-state index is 0.0188. The molecule has 1 aliphatic heterocycles. The second kappa shape index (κ2) is 5.22. The molecule has 1 aromatic rings. The number of nitrogens with two attached hydrogens (primary N) is 1. The summed E-state index contributed by atoms with van der Waals surface area (Å²) >= 11 is 0. The number of hydrogen-bond donors (Lipinski definition) is 2. The lowest BCUT2D eigenvalue weighted by Gasteiger charge is -2.36. The van der Waals surface area contributed by atoms with Crippen molar-refractivity contribution < 1.29 is 9.94 Å². The Bertz CT molecular complexity index is 422. The van der Waals surface area contributed by atoms with Gasteiger partial charge in [0.15, 0.2) is 5.84 Å². The topological polar surface area (TPSA) is 84.0 Å². The van der Waals surface area contributed by atoms with Crippen molar-refractivity contribution in [3.8, 4) is 0 Å². The first-order valence-corrected chi connectivity index (χ1v) is 5.94. The number of ether oxygens (including phenoxy) is 1. The largest absolute Gasteiger partial charge is 0.409 e. The van der Waals surface area contributed by atoms with Gasteiger partial charge in [0.1, 0.15) is 5.69 Å². The van der Waals surface area contributed by atoms with Gasteiger partial charge in [-0.1, -0.05) is 5.16 Å². The zero-order valence-electron chi connectivity index (χ0n) is 10.6. The summed E-state index contributed by atoms with van der Waals surface area (Å²) in [5.41, 5.74) is 6.96. The molecular weight excluding hydrogens is 232 g/mol. The van der Waals surface area contributed by atoms with Gasteiger partial charge in [-0.05, 0) is 26.0 Å². The fraction of sp³-hybridized carbons (Fsp3) is 0.500. The predicted octanol–water partition coefficient (Wildman–Crippen LogP) is 0.790. The van der Waals surface area contributed by atoms with Crippen molar-refractivity contribution in [1.29, 1.82) is 0 Å². The van der Waals surface area contributed by atoms with E-state index in [0.717, 1.165) is 18.8 Å². The molecule has 98 valence electrons. The molecule has 0 unspecified atom stereocenters. The summed E-state index contributed by atoms with van der Waals surface area (Å²) < 4.78 is 5.68. The van der Waals surface area contributed by atoms with Gasteiger partial charge in [-0.3, -0.25) is 4.98 Å². The molecule has 0 saturated carbocycles. The maximum absolute atomic E-state index is 8.57. The Balaban J connectivity index is 2.14. The van der Waals surface area contributed by atoms with Gasteiger partial charge in [0.05, 0.1) is 24.1 Å². The predicted molar refractivity (Wildman–Crippen MR) is 69.0 cm³/mol. The van der Waals surface area contributed by atoms with Crippen LogP contribution < -0.4 is 10.6 Å². The maximum atomic E-state index is 8.57. The van der Waals surface area contributed by atoms with Crippen LogP contribution in [0.5, 0.6) is 0 Å². The van der Waals surface area contributed by atoms with Crippen LogP contribution in [0.25, 0.3) is 0 Å². The minimum atomic E-state index is 0.0188. The van der Waals surface area contributed by atoms with Gasteiger partial charge in [-0.25, -0.2) is 0 Å². The van der Waals surface area contributed by atoms with Gasteiger partial charge in [-0.2, -0.15) is 0 Å². The number of nitrogens with zero attached hydrogens (tertiary/aromatic N) is 3. The third-order valence-corrected chi connectivity index (χ3v) is 2.90. The van der Waals surface area contributed by atoms with E-state index in [-0.39, 0.29) is 18.0 Å². The number of anilines is 1. The summed E-state index contributed by atoms with van der Waals surface area (Å²) in [5.74, 6) is 0.0188. The first-order chi connectivity index (χ1) is 8.60. The molecule has 0 amide bonds. The normalized spacial score (nSPS) is 25.2. The fourth-order valence-corrected chi connectivity index (χ4v) is 2.16. The van der Waals surface area contributed by atoms with E-state index in [1.165, 1.54) is 0 Å². The average molecular weight is 250 g/mol. The summed E-state index contributed by atoms with van der Waals surface area (Å²) in [7, 11) is 0. The van der Waals surface area contributed by atoms with Crippen molar-refractivity contribution in [2.24, 2.45) is 10.9 Å². The van der Waals surface area contributed by atoms with Crippen LogP contribution >= 0.6 is 0 Å². The molecule has 6 nitrogen and oxygen atoms in total. The van der Waals surface area contributed by atoms with Gasteiger partial charge in [0, 0.05) is 13.1 Å². The molecular formula is C12H18N4O2. The molecule has 0 spiro atoms. The van der Waals surface area contributed by atoms with Crippen molar-refractivity contribution in [2.45, 2.75) is 26.1 Å². The van der Waals surface area contributed by atoms with E-state index in [9.17, 15) is 0 Å². The Morgan fingerprint density at radius 3 is 2.61 bits per heavy atom. The lowest BCUT2D eigenvalue weighted by atomic mass is 10.2. The number of pyridine rings is 1. The monoisotopic (exact) mass is 250 g/mol. The number of hydrogen-bond acceptors (Lipinski definition) is 5. The van der Waals surface area contributed by atoms with E-state index in [0.29, 0.717) is 5.69 Å². The van der Waals surface area contributed by atoms with Gasteiger partial charge < -0.3 is 20.6 Å². The Morgan fingerprint density at radius 2 is 2.11 bits per heavy atom. The highest BCUT2D eigenvalue weighted by Gasteiger charge is 2.22. The smallest absolute Gasteiger partial charge is 0.188 e. The van der Waals surface area contributed by atoms with E-state index in [1.807, 2.05) is 6.07 Å². The summed E-state index contributed by atoms with van der Waals surface area (Å²) in [6.45, 7) is 5.80. The van der Waals surface area contributed by atoms with E-state index >= 15 is 0 Å². The zero-order valence-corrected chi connectivity index (χ0v) is 10.6. The van der Waals surface area contributed by atoms with Crippen LogP contribution in [0.15, 0.2) is 23.5 Å². The third kappa shape index (κ3) is 2.70. The number of rotatable bonds is 2. The van der Waals surface area contributed by atoms with Gasteiger partial charge in [0.2, 0.25) is 0 Å². The zero-order chi connectivity index (χ0) is 13.1. The van der Waals surface area contributed by atoms with E-state index in [1.54, 1.807) is 12.3 Å². The molecule has 2 heterocycles. The first-order valence-electron chi connectivity index (χ1n) is 5.94. The van der Waals surface area contributed by atoms with E-state index in [4.69, 9.17) is 15.7 Å². The van der Waals surface area contributed by atoms with E-state index < -0.39 is 0 Å². The highest BCUT2D eigenvalue weighted by atomic mass is 16.5. The summed E-state index contributed by atoms with van der Waals surface area (Å²) in [6.07, 6.45) is 2.15. The van der Waals surface area contributed by atoms with Crippen molar-refractivity contribution in [3.63, 3.8) is 0 Å². The van der Waals surface area contributed by atoms with Crippen LogP contribution in [0.3, 0.4) is 0 Å². The van der Waals surface area contributed by atoms with Crippen LogP contribution in [-0.2, 0) is 4.74 Å². The quantitative estimate of drug-likeness (QED) is 0.351. The Morgan fingerprint density at radius 1 is 1.44 bits per heavy atom. The SMILES string of the molecule is C[C@@H]1CN(c2ccc(/C(N)=N/O)nc2)C[C@H](C)O1. The highest BCUT2D eigenvalue weighted by molar-refractivity contribution is 5.95. The molecule has 6 heteroatoms. The number of oxime groups is 1. The van der Waals surface area contributed by atoms with Crippen molar-refractivity contribution in [2.75, 3.05) is 18.0 Å². The molecule has 1 aromatic heterocycles. The lowest BCUT2D eigenvalue weighted by molar-refractivity contribution is -0.00523. The van der Waals surface area contributed by atoms with Crippen LogP contribution in [-0.4, -0.2) is 41.3 Å². The Kier molecular flexibility index (Phi) is 3.66. The molecule has 3 N–H and O–H groups in total. The number of aromatic nitrogens is 1. The lowest BCUT2D eigenvalue weighted by Crippen LogP contribution is -2.45. The number of morpholine rings is 1. The number of amidine groups is 1. The molecule has 2 atom stereocenters. The summed E-state index contributed by atoms with van der Waals surface area (Å²) in [5, 5.41) is 11.5. The molecule has 2 rings (SSSR count). The van der Waals surface area contributed by atoms with Crippen LogP contribution in [0.4, 0.5) is 5.69 Å². The van der Waals surface area contributed by atoms with Crippen LogP contribution in [0.1, 0.15) is 19.5 Å². The minimum Gasteiger partial charge on any atom is -0.409 e. The fourth-order valence-electron chi connectivity index (χ4n) is 2.16. The Labute approximate surface area is 106 Å². The summed E-state index contributed by atoms with van der Waals surface area (Å²) in [4.78, 5) is 6.40. The second-order valence-electron chi connectivity index (χ2n) is 4.55. The second-order valence-corrected chi connectivity index (χ2v) is 4.55. The van der Waals surface area contributed by atoms with Gasteiger partial charge in [-0.15, -0.1) is 0 Å². The first kappa shape index (κ1) is 12.6. The maximum Gasteiger partial charge on any atom is 0.188 e. The van der Waals surface area contributed by atoms with Crippen LogP contribution in [0.2, 0.25) is 0 Å². The standard InChI is InChI=1S/C12H18N4O2/c1-8-6-16(7-9(2)18-8)10-3-4-11(14-5-10)12(13)15-17/h3-5,8-9,17H,6-7H2,1-2H3,(H2,13,15)/t8-,9+. The molecule has 0 aromatic carbocycles. The molecule has 18 heavy (non-hydrogen) atoms. The molecule has 1 saturated heterocycles. The van der Waals surface area contributed by atoms with E-state index in [2.05, 4.69) is 28.9 Å². The van der Waals surface area contributed by atoms with Crippen molar-refractivity contribution in [3.05, 3.63) is 24.0 Å².